The van der Waals surface area contributed by atoms with Crippen LogP contribution in [0.3, 0.4) is 0 Å². The van der Waals surface area contributed by atoms with Gasteiger partial charge in [0.25, 0.3) is 0 Å². The molecule has 3 heterocycles. The van der Waals surface area contributed by atoms with Crippen LogP contribution in [0.1, 0.15) is 12.6 Å². The molecule has 3 aromatic heterocycles. The van der Waals surface area contributed by atoms with E-state index in [-0.39, 0.29) is 0 Å². The van der Waals surface area contributed by atoms with Crippen LogP contribution in [0.5, 0.6) is 5.75 Å². The van der Waals surface area contributed by atoms with E-state index in [1.807, 2.05) is 36.5 Å². The lowest BCUT2D eigenvalue weighted by atomic mass is 10.1. The molecule has 130 valence electrons. The number of rotatable bonds is 5. The number of thiazole rings is 1. The lowest BCUT2D eigenvalue weighted by Gasteiger charge is -2.03. The molecule has 1 N–H and O–H groups in total. The minimum Gasteiger partial charge on any atom is -0.495 e. The van der Waals surface area contributed by atoms with Crippen LogP contribution in [0.25, 0.3) is 21.3 Å². The van der Waals surface area contributed by atoms with E-state index in [1.54, 1.807) is 24.6 Å². The van der Waals surface area contributed by atoms with E-state index in [2.05, 4.69) is 38.5 Å². The van der Waals surface area contributed by atoms with Crippen LogP contribution < -0.4 is 10.1 Å². The third-order valence-electron chi connectivity index (χ3n) is 3.99. The summed E-state index contributed by atoms with van der Waals surface area (Å²) in [6, 6.07) is 12.0. The van der Waals surface area contributed by atoms with E-state index in [0.29, 0.717) is 5.82 Å². The monoisotopic (exact) mass is 363 g/mol. The van der Waals surface area contributed by atoms with Gasteiger partial charge in [0.05, 0.1) is 29.2 Å². The Hall–Kier alpha value is -3.06. The van der Waals surface area contributed by atoms with Gasteiger partial charge in [-0.3, -0.25) is 4.98 Å². The number of anilines is 2. The predicted octanol–water partition coefficient (Wildman–Crippen LogP) is 4.46. The smallest absolute Gasteiger partial charge is 0.189 e. The summed E-state index contributed by atoms with van der Waals surface area (Å²) in [6.45, 7) is 2.06. The summed E-state index contributed by atoms with van der Waals surface area (Å²) < 4.78 is 6.34. The van der Waals surface area contributed by atoms with Crippen molar-refractivity contribution in [3.05, 3.63) is 54.5 Å². The molecule has 0 fully saturated rings. The summed E-state index contributed by atoms with van der Waals surface area (Å²) in [5, 5.41) is 12.4. The van der Waals surface area contributed by atoms with Crippen molar-refractivity contribution in [3.8, 4) is 16.9 Å². The Kier molecular flexibility index (Phi) is 4.45. The maximum Gasteiger partial charge on any atom is 0.189 e. The highest BCUT2D eigenvalue weighted by molar-refractivity contribution is 7.22. The van der Waals surface area contributed by atoms with E-state index >= 15 is 0 Å². The van der Waals surface area contributed by atoms with Crippen molar-refractivity contribution in [2.24, 2.45) is 0 Å². The average molecular weight is 363 g/mol. The molecule has 7 heteroatoms. The fraction of sp³-hybridized carbons (Fsp3) is 0.158. The number of benzene rings is 1. The number of aromatic nitrogens is 4. The van der Waals surface area contributed by atoms with Crippen molar-refractivity contribution in [1.82, 2.24) is 20.2 Å². The minimum atomic E-state index is 0.693. The van der Waals surface area contributed by atoms with Gasteiger partial charge in [-0.1, -0.05) is 24.3 Å². The first kappa shape index (κ1) is 16.4. The first-order chi connectivity index (χ1) is 12.7. The number of hydrogen-bond acceptors (Lipinski definition) is 7. The van der Waals surface area contributed by atoms with Gasteiger partial charge < -0.3 is 10.1 Å². The number of hydrogen-bond donors (Lipinski definition) is 1. The SMILES string of the molecule is CCc1ccc(Nc2nc3ccc(-c4cncc(OC)c4)cc3s2)nn1. The quantitative estimate of drug-likeness (QED) is 0.564. The molecule has 0 atom stereocenters. The van der Waals surface area contributed by atoms with Crippen molar-refractivity contribution < 1.29 is 4.74 Å². The van der Waals surface area contributed by atoms with E-state index in [1.165, 1.54) is 0 Å². The molecule has 0 saturated carbocycles. The van der Waals surface area contributed by atoms with E-state index in [4.69, 9.17) is 4.74 Å². The lowest BCUT2D eigenvalue weighted by Crippen LogP contribution is -1.97. The Morgan fingerprint density at radius 1 is 1.04 bits per heavy atom. The standard InChI is InChI=1S/C19H17N5OS/c1-3-14-5-7-18(24-23-14)22-19-21-16-6-4-12(9-17(16)26-19)13-8-15(25-2)11-20-10-13/h4-11H,3H2,1-2H3,(H,21,22,24). The highest BCUT2D eigenvalue weighted by Crippen LogP contribution is 2.32. The summed E-state index contributed by atoms with van der Waals surface area (Å²) in [6.07, 6.45) is 4.40. The van der Waals surface area contributed by atoms with Crippen molar-refractivity contribution in [2.75, 3.05) is 12.4 Å². The number of nitrogens with zero attached hydrogens (tertiary/aromatic N) is 4. The van der Waals surface area contributed by atoms with Gasteiger partial charge >= 0.3 is 0 Å². The van der Waals surface area contributed by atoms with E-state index < -0.39 is 0 Å². The highest BCUT2D eigenvalue weighted by atomic mass is 32.1. The second-order valence-electron chi connectivity index (χ2n) is 5.70. The van der Waals surface area contributed by atoms with Gasteiger partial charge in [0.15, 0.2) is 10.9 Å². The second-order valence-corrected chi connectivity index (χ2v) is 6.73. The van der Waals surface area contributed by atoms with Gasteiger partial charge in [0.1, 0.15) is 5.75 Å². The molecular formula is C19H17N5OS. The summed E-state index contributed by atoms with van der Waals surface area (Å²) >= 11 is 1.58. The normalized spacial score (nSPS) is 10.8. The van der Waals surface area contributed by atoms with Gasteiger partial charge in [0, 0.05) is 11.8 Å². The molecule has 0 saturated heterocycles. The largest absolute Gasteiger partial charge is 0.495 e. The van der Waals surface area contributed by atoms with E-state index in [9.17, 15) is 0 Å². The zero-order chi connectivity index (χ0) is 17.9. The van der Waals surface area contributed by atoms with Crippen LogP contribution >= 0.6 is 11.3 Å². The van der Waals surface area contributed by atoms with Crippen molar-refractivity contribution in [1.29, 1.82) is 0 Å². The molecule has 4 aromatic rings. The molecule has 0 aliphatic rings. The van der Waals surface area contributed by atoms with Crippen LogP contribution in [-0.2, 0) is 6.42 Å². The Morgan fingerprint density at radius 3 is 2.73 bits per heavy atom. The Balaban J connectivity index is 1.62. The first-order valence-electron chi connectivity index (χ1n) is 8.25. The van der Waals surface area contributed by atoms with Crippen LogP contribution in [0.2, 0.25) is 0 Å². The average Bonchev–Trinajstić information content (AvgIpc) is 3.10. The van der Waals surface area contributed by atoms with Crippen LogP contribution in [0.4, 0.5) is 10.9 Å². The summed E-state index contributed by atoms with van der Waals surface area (Å²) in [5.74, 6) is 1.43. The van der Waals surface area contributed by atoms with Crippen molar-refractivity contribution >= 4 is 32.5 Å². The Morgan fingerprint density at radius 2 is 1.96 bits per heavy atom. The molecule has 6 nitrogen and oxygen atoms in total. The second kappa shape index (κ2) is 7.05. The number of methoxy groups -OCH3 is 1. The zero-order valence-corrected chi connectivity index (χ0v) is 15.2. The number of nitrogens with one attached hydrogen (secondary N) is 1. The van der Waals surface area contributed by atoms with Gasteiger partial charge in [-0.2, -0.15) is 5.10 Å². The molecular weight excluding hydrogens is 346 g/mol. The summed E-state index contributed by atoms with van der Waals surface area (Å²) in [5.41, 5.74) is 3.99. The Labute approximate surface area is 154 Å². The van der Waals surface area contributed by atoms with Crippen LogP contribution in [0, 0.1) is 0 Å². The molecule has 4 rings (SSSR count). The molecule has 0 amide bonds. The third-order valence-corrected chi connectivity index (χ3v) is 4.92. The molecule has 1 aromatic carbocycles. The molecule has 26 heavy (non-hydrogen) atoms. The minimum absolute atomic E-state index is 0.693. The number of ether oxygens (including phenoxy) is 1. The maximum atomic E-state index is 5.26. The topological polar surface area (TPSA) is 72.8 Å². The molecule has 0 unspecified atom stereocenters. The van der Waals surface area contributed by atoms with Crippen LogP contribution in [-0.4, -0.2) is 27.3 Å². The Bertz CT molecular complexity index is 1050. The van der Waals surface area contributed by atoms with E-state index in [0.717, 1.165) is 44.3 Å². The summed E-state index contributed by atoms with van der Waals surface area (Å²) in [4.78, 5) is 8.84. The molecule has 0 spiro atoms. The molecule has 0 aliphatic carbocycles. The van der Waals surface area contributed by atoms with Gasteiger partial charge in [-0.05, 0) is 42.3 Å². The first-order valence-corrected chi connectivity index (χ1v) is 9.06. The van der Waals surface area contributed by atoms with Gasteiger partial charge in [-0.15, -0.1) is 5.10 Å². The van der Waals surface area contributed by atoms with Crippen molar-refractivity contribution in [2.45, 2.75) is 13.3 Å². The predicted molar refractivity (Wildman–Crippen MR) is 104 cm³/mol. The number of aryl methyl sites for hydroxylation is 1. The molecule has 0 radical (unpaired) electrons. The fourth-order valence-electron chi connectivity index (χ4n) is 2.57. The lowest BCUT2D eigenvalue weighted by molar-refractivity contribution is 0.413. The van der Waals surface area contributed by atoms with Gasteiger partial charge in [0.2, 0.25) is 0 Å². The molecule has 0 bridgehead atoms. The number of fused-ring (bicyclic) bond motifs is 1. The fourth-order valence-corrected chi connectivity index (χ4v) is 3.48. The van der Waals surface area contributed by atoms with Gasteiger partial charge in [-0.25, -0.2) is 4.98 Å². The third kappa shape index (κ3) is 3.34. The zero-order valence-electron chi connectivity index (χ0n) is 14.4. The van der Waals surface area contributed by atoms with Crippen LogP contribution in [0.15, 0.2) is 48.8 Å². The van der Waals surface area contributed by atoms with Crippen molar-refractivity contribution in [3.63, 3.8) is 0 Å². The highest BCUT2D eigenvalue weighted by Gasteiger charge is 2.08. The molecule has 0 aliphatic heterocycles. The summed E-state index contributed by atoms with van der Waals surface area (Å²) in [7, 11) is 1.64. The maximum absolute atomic E-state index is 5.26. The number of pyridine rings is 1.